The van der Waals surface area contributed by atoms with Crippen molar-refractivity contribution < 1.29 is 9.53 Å². The molecule has 0 saturated heterocycles. The summed E-state index contributed by atoms with van der Waals surface area (Å²) in [5, 5.41) is 2.36. The van der Waals surface area contributed by atoms with Gasteiger partial charge in [-0.2, -0.15) is 0 Å². The summed E-state index contributed by atoms with van der Waals surface area (Å²) in [6.07, 6.45) is 7.55. The van der Waals surface area contributed by atoms with Crippen molar-refractivity contribution in [2.45, 2.75) is 0 Å². The fraction of sp³-hybridized carbons (Fsp3) is 0.133. The van der Waals surface area contributed by atoms with Gasteiger partial charge in [-0.05, 0) is 21.6 Å². The Morgan fingerprint density at radius 1 is 1.22 bits per heavy atom. The number of carbonyl (C=O) groups excluding carboxylic acids is 1. The number of allylic oxidation sites excluding steroid dienone is 4. The van der Waals surface area contributed by atoms with Gasteiger partial charge in [-0.15, -0.1) is 0 Å². The zero-order valence-corrected chi connectivity index (χ0v) is 9.80. The van der Waals surface area contributed by atoms with Crippen LogP contribution >= 0.6 is 0 Å². The Bertz CT molecular complexity index is 683. The molecular formula is C15H13NO2. The summed E-state index contributed by atoms with van der Waals surface area (Å²) in [4.78, 5) is 10.8. The van der Waals surface area contributed by atoms with Crippen LogP contribution in [0.15, 0.2) is 48.6 Å². The number of hydrogen-bond donors (Lipinski definition) is 1. The molecule has 1 aromatic rings. The van der Waals surface area contributed by atoms with Gasteiger partial charge in [0.25, 0.3) is 0 Å². The minimum atomic E-state index is -0.733. The normalized spacial score (nSPS) is 19.7. The van der Waals surface area contributed by atoms with Gasteiger partial charge in [0.1, 0.15) is 6.61 Å². The zero-order chi connectivity index (χ0) is 12.5. The van der Waals surface area contributed by atoms with Crippen molar-refractivity contribution in [2.24, 2.45) is 11.7 Å². The Hall–Kier alpha value is -2.29. The number of hydrogen-bond acceptors (Lipinski definition) is 2. The lowest BCUT2D eigenvalue weighted by Crippen LogP contribution is -2.25. The van der Waals surface area contributed by atoms with Gasteiger partial charge in [-0.3, -0.25) is 0 Å². The van der Waals surface area contributed by atoms with E-state index in [2.05, 4.69) is 24.3 Å². The summed E-state index contributed by atoms with van der Waals surface area (Å²) in [5.74, 6) is 0.201. The topological polar surface area (TPSA) is 52.3 Å². The Balaban J connectivity index is 2.16. The number of fused-ring (bicyclic) bond motifs is 2. The Morgan fingerprint density at radius 2 is 2.00 bits per heavy atom. The fourth-order valence-corrected chi connectivity index (χ4v) is 2.60. The Kier molecular flexibility index (Phi) is 2.52. The summed E-state index contributed by atoms with van der Waals surface area (Å²) in [6, 6.07) is 8.17. The molecule has 1 atom stereocenters. The summed E-state index contributed by atoms with van der Waals surface area (Å²) in [6.45, 7) is 0.249. The van der Waals surface area contributed by atoms with Crippen LogP contribution in [0.4, 0.5) is 4.79 Å². The van der Waals surface area contributed by atoms with Crippen LogP contribution in [0.25, 0.3) is 11.1 Å². The van der Waals surface area contributed by atoms with Crippen molar-refractivity contribution in [1.29, 1.82) is 0 Å². The van der Waals surface area contributed by atoms with E-state index in [-0.39, 0.29) is 12.5 Å². The molecule has 0 bridgehead atoms. The molecule has 0 radical (unpaired) electrons. The maximum atomic E-state index is 10.8. The van der Waals surface area contributed by atoms with Crippen LogP contribution in [0, 0.1) is 5.92 Å². The van der Waals surface area contributed by atoms with E-state index in [1.54, 1.807) is 0 Å². The molecule has 0 aromatic heterocycles. The summed E-state index contributed by atoms with van der Waals surface area (Å²) >= 11 is 0. The molecule has 2 N–H and O–H groups in total. The van der Waals surface area contributed by atoms with Gasteiger partial charge in [0.15, 0.2) is 0 Å². The molecule has 3 heteroatoms. The van der Waals surface area contributed by atoms with Crippen molar-refractivity contribution in [1.82, 2.24) is 0 Å². The average Bonchev–Trinajstić information content (AvgIpc) is 2.71. The molecular weight excluding hydrogens is 226 g/mol. The number of primary amides is 1. The molecule has 1 unspecified atom stereocenters. The summed E-state index contributed by atoms with van der Waals surface area (Å²) in [7, 11) is 0. The Labute approximate surface area is 105 Å². The molecule has 18 heavy (non-hydrogen) atoms. The van der Waals surface area contributed by atoms with Crippen LogP contribution in [-0.4, -0.2) is 12.7 Å². The molecule has 2 aliphatic rings. The minimum Gasteiger partial charge on any atom is -0.445 e. The average molecular weight is 239 g/mol. The second kappa shape index (κ2) is 4.18. The third kappa shape index (κ3) is 1.64. The van der Waals surface area contributed by atoms with E-state index in [9.17, 15) is 4.79 Å². The van der Waals surface area contributed by atoms with Gasteiger partial charge in [0.05, 0.1) is 0 Å². The van der Waals surface area contributed by atoms with Crippen molar-refractivity contribution in [3.63, 3.8) is 0 Å². The number of nitrogens with two attached hydrogens (primary N) is 1. The molecule has 0 spiro atoms. The molecule has 0 heterocycles. The third-order valence-corrected chi connectivity index (χ3v) is 3.35. The smallest absolute Gasteiger partial charge is 0.404 e. The molecule has 90 valence electrons. The largest absolute Gasteiger partial charge is 0.445 e. The van der Waals surface area contributed by atoms with Crippen molar-refractivity contribution in [3.8, 4) is 0 Å². The first kappa shape index (κ1) is 10.8. The van der Waals surface area contributed by atoms with Crippen molar-refractivity contribution in [3.05, 3.63) is 59.0 Å². The standard InChI is InChI=1S/C15H13NO2/c16-15(17)18-9-14-12-7-3-1-5-10(12)11-6-2-4-8-13(11)14/h1-8,12H,9H2,(H2,16,17). The second-order valence-corrected chi connectivity index (χ2v) is 4.36. The van der Waals surface area contributed by atoms with E-state index in [1.165, 1.54) is 10.8 Å². The molecule has 0 saturated carbocycles. The quantitative estimate of drug-likeness (QED) is 0.831. The van der Waals surface area contributed by atoms with Crippen LogP contribution in [0.2, 0.25) is 0 Å². The second-order valence-electron chi connectivity index (χ2n) is 4.36. The Morgan fingerprint density at radius 3 is 2.78 bits per heavy atom. The predicted molar refractivity (Wildman–Crippen MR) is 69.8 cm³/mol. The van der Waals surface area contributed by atoms with E-state index in [0.29, 0.717) is 0 Å². The maximum absolute atomic E-state index is 10.8. The molecule has 1 aromatic carbocycles. The third-order valence-electron chi connectivity index (χ3n) is 3.35. The van der Waals surface area contributed by atoms with E-state index in [4.69, 9.17) is 10.5 Å². The van der Waals surface area contributed by atoms with Gasteiger partial charge >= 0.3 is 6.09 Å². The van der Waals surface area contributed by atoms with Crippen LogP contribution in [0.3, 0.4) is 0 Å². The number of amides is 1. The highest BCUT2D eigenvalue weighted by Gasteiger charge is 2.24. The van der Waals surface area contributed by atoms with Crippen molar-refractivity contribution >= 4 is 17.2 Å². The summed E-state index contributed by atoms with van der Waals surface area (Å²) < 4.78 is 4.96. The molecule has 2 aliphatic carbocycles. The van der Waals surface area contributed by atoms with Crippen LogP contribution in [-0.2, 0) is 4.74 Å². The first-order chi connectivity index (χ1) is 8.77. The van der Waals surface area contributed by atoms with Crippen molar-refractivity contribution in [2.75, 3.05) is 6.61 Å². The number of carbonyl (C=O) groups is 1. The first-order valence-electron chi connectivity index (χ1n) is 5.87. The minimum absolute atomic E-state index is 0.201. The van der Waals surface area contributed by atoms with Gasteiger partial charge in [-0.1, -0.05) is 48.6 Å². The zero-order valence-electron chi connectivity index (χ0n) is 9.80. The first-order valence-corrected chi connectivity index (χ1v) is 5.87. The molecule has 3 nitrogen and oxygen atoms in total. The van der Waals surface area contributed by atoms with Gasteiger partial charge < -0.3 is 10.5 Å². The SMILES string of the molecule is NC(=O)OCC1=c2ccccc2=C2C=CC=CC21. The lowest BCUT2D eigenvalue weighted by Gasteiger charge is -2.15. The fourth-order valence-electron chi connectivity index (χ4n) is 2.60. The molecule has 1 amide bonds. The van der Waals surface area contributed by atoms with Gasteiger partial charge in [0, 0.05) is 5.92 Å². The van der Waals surface area contributed by atoms with E-state index in [1.807, 2.05) is 24.3 Å². The predicted octanol–water partition coefficient (Wildman–Crippen LogP) is 0.839. The summed E-state index contributed by atoms with van der Waals surface area (Å²) in [5.41, 5.74) is 7.40. The van der Waals surface area contributed by atoms with E-state index in [0.717, 1.165) is 10.8 Å². The highest BCUT2D eigenvalue weighted by Crippen LogP contribution is 2.29. The monoisotopic (exact) mass is 239 g/mol. The van der Waals surface area contributed by atoms with E-state index >= 15 is 0 Å². The van der Waals surface area contributed by atoms with Gasteiger partial charge in [0.2, 0.25) is 0 Å². The van der Waals surface area contributed by atoms with Crippen LogP contribution in [0.5, 0.6) is 0 Å². The van der Waals surface area contributed by atoms with E-state index < -0.39 is 6.09 Å². The number of ether oxygens (including phenoxy) is 1. The number of benzene rings is 1. The molecule has 0 fully saturated rings. The van der Waals surface area contributed by atoms with Crippen LogP contribution < -0.4 is 16.2 Å². The van der Waals surface area contributed by atoms with Crippen LogP contribution in [0.1, 0.15) is 0 Å². The van der Waals surface area contributed by atoms with Gasteiger partial charge in [-0.25, -0.2) is 4.79 Å². The lowest BCUT2D eigenvalue weighted by molar-refractivity contribution is 0.170. The highest BCUT2D eigenvalue weighted by molar-refractivity contribution is 5.81. The maximum Gasteiger partial charge on any atom is 0.404 e. The number of rotatable bonds is 2. The molecule has 3 rings (SSSR count). The lowest BCUT2D eigenvalue weighted by atomic mass is 9.91. The molecule has 0 aliphatic heterocycles. The highest BCUT2D eigenvalue weighted by atomic mass is 16.5.